The van der Waals surface area contributed by atoms with Crippen molar-refractivity contribution in [3.8, 4) is 16.6 Å². The Kier molecular flexibility index (Phi) is 3.44. The van der Waals surface area contributed by atoms with Crippen LogP contribution in [-0.2, 0) is 0 Å². The van der Waals surface area contributed by atoms with E-state index in [-0.39, 0.29) is 0 Å². The average molecular weight is 401 g/mol. The molecule has 0 atom stereocenters. The van der Waals surface area contributed by atoms with Crippen molar-refractivity contribution < 1.29 is 4.74 Å². The lowest BCUT2D eigenvalue weighted by molar-refractivity contribution is 0.314. The lowest BCUT2D eigenvalue weighted by Gasteiger charge is -2.30. The molecule has 2 aromatic carbocycles. The molecule has 0 spiro atoms. The monoisotopic (exact) mass is 401 g/mol. The van der Waals surface area contributed by atoms with Crippen molar-refractivity contribution in [2.75, 3.05) is 23.8 Å². The molecular weight excluding hydrogens is 386 g/mol. The van der Waals surface area contributed by atoms with E-state index in [0.29, 0.717) is 24.7 Å². The van der Waals surface area contributed by atoms with Crippen molar-refractivity contribution in [1.82, 2.24) is 25.1 Å². The van der Waals surface area contributed by atoms with Gasteiger partial charge in [-0.2, -0.15) is 5.10 Å². The molecule has 0 saturated heterocycles. The first-order valence-electron chi connectivity index (χ1n) is 9.13. The van der Waals surface area contributed by atoms with Gasteiger partial charge in [0, 0.05) is 5.69 Å². The summed E-state index contributed by atoms with van der Waals surface area (Å²) in [5.74, 6) is 2.09. The second-order valence-corrected chi connectivity index (χ2v) is 7.75. The first-order valence-corrected chi connectivity index (χ1v) is 9.95. The number of fused-ring (bicyclic) bond motifs is 3. The zero-order valence-electron chi connectivity index (χ0n) is 15.2. The number of para-hydroxylation sites is 1. The fourth-order valence-corrected chi connectivity index (χ4v) is 4.44. The minimum Gasteiger partial charge on any atom is -0.490 e. The molecule has 4 heterocycles. The lowest BCUT2D eigenvalue weighted by atomic mass is 10.2. The molecule has 3 aromatic heterocycles. The van der Waals surface area contributed by atoms with E-state index >= 15 is 0 Å². The number of nitrogens with zero attached hydrogens (tertiary/aromatic N) is 5. The van der Waals surface area contributed by atoms with Crippen LogP contribution in [0, 0.1) is 0 Å². The topological polar surface area (TPSA) is 106 Å². The second kappa shape index (κ2) is 6.14. The number of ether oxygens (including phenoxy) is 1. The number of hydrogen-bond acceptors (Lipinski definition) is 8. The van der Waals surface area contributed by atoms with Crippen molar-refractivity contribution in [3.63, 3.8) is 0 Å². The molecule has 1 aliphatic rings. The molecule has 8 nitrogen and oxygen atoms in total. The molecule has 0 fully saturated rings. The van der Waals surface area contributed by atoms with Crippen LogP contribution in [0.15, 0.2) is 48.7 Å². The number of nitrogens with two attached hydrogens (primary N) is 1. The summed E-state index contributed by atoms with van der Waals surface area (Å²) >= 11 is 1.58. The molecule has 0 unspecified atom stereocenters. The minimum absolute atomic E-state index is 0.549. The standard InChI is InChI=1S/C20H15N7OS/c21-11-5-6-15-14(9-11)27(7-8-28-15)19-17-13(10-22-26-17)23-18(25-19)20-24-12-3-1-2-4-16(12)29-20/h1-6,9-10H,7-8,21H2,(H,22,26). The summed E-state index contributed by atoms with van der Waals surface area (Å²) < 4.78 is 6.90. The number of aromatic amines is 1. The zero-order chi connectivity index (χ0) is 19.4. The first-order chi connectivity index (χ1) is 14.3. The van der Waals surface area contributed by atoms with Crippen molar-refractivity contribution in [3.05, 3.63) is 48.7 Å². The smallest absolute Gasteiger partial charge is 0.191 e. The summed E-state index contributed by atoms with van der Waals surface area (Å²) in [7, 11) is 0. The number of H-pyrrole nitrogens is 1. The summed E-state index contributed by atoms with van der Waals surface area (Å²) in [6, 6.07) is 13.6. The summed E-state index contributed by atoms with van der Waals surface area (Å²) in [6.07, 6.45) is 1.71. The largest absolute Gasteiger partial charge is 0.490 e. The Morgan fingerprint density at radius 3 is 2.93 bits per heavy atom. The van der Waals surface area contributed by atoms with E-state index in [9.17, 15) is 0 Å². The van der Waals surface area contributed by atoms with Gasteiger partial charge >= 0.3 is 0 Å². The van der Waals surface area contributed by atoms with E-state index in [1.54, 1.807) is 17.5 Å². The van der Waals surface area contributed by atoms with Gasteiger partial charge in [-0.05, 0) is 30.3 Å². The van der Waals surface area contributed by atoms with Gasteiger partial charge in [0.05, 0.1) is 28.6 Å². The van der Waals surface area contributed by atoms with E-state index in [0.717, 1.165) is 43.5 Å². The predicted octanol–water partition coefficient (Wildman–Crippen LogP) is 3.74. The van der Waals surface area contributed by atoms with E-state index in [1.165, 1.54) is 0 Å². The van der Waals surface area contributed by atoms with Crippen molar-refractivity contribution in [2.24, 2.45) is 0 Å². The molecule has 9 heteroatoms. The van der Waals surface area contributed by atoms with Crippen molar-refractivity contribution in [1.29, 1.82) is 0 Å². The van der Waals surface area contributed by atoms with E-state index < -0.39 is 0 Å². The molecular formula is C20H15N7OS. The number of anilines is 3. The van der Waals surface area contributed by atoms with E-state index in [1.807, 2.05) is 36.4 Å². The third-order valence-electron chi connectivity index (χ3n) is 4.87. The van der Waals surface area contributed by atoms with Gasteiger partial charge in [-0.15, -0.1) is 11.3 Å². The molecule has 0 radical (unpaired) electrons. The molecule has 142 valence electrons. The number of rotatable bonds is 2. The van der Waals surface area contributed by atoms with Crippen LogP contribution >= 0.6 is 11.3 Å². The van der Waals surface area contributed by atoms with E-state index in [4.69, 9.17) is 25.4 Å². The van der Waals surface area contributed by atoms with E-state index in [2.05, 4.69) is 21.2 Å². The second-order valence-electron chi connectivity index (χ2n) is 6.72. The van der Waals surface area contributed by atoms with Crippen LogP contribution in [0.1, 0.15) is 0 Å². The molecule has 0 amide bonds. The highest BCUT2D eigenvalue weighted by Crippen LogP contribution is 2.40. The minimum atomic E-state index is 0.549. The van der Waals surface area contributed by atoms with Crippen LogP contribution in [0.5, 0.6) is 5.75 Å². The van der Waals surface area contributed by atoms with Crippen LogP contribution < -0.4 is 15.4 Å². The molecule has 29 heavy (non-hydrogen) atoms. The Labute approximate surface area is 169 Å². The van der Waals surface area contributed by atoms with Gasteiger partial charge in [-0.1, -0.05) is 12.1 Å². The summed E-state index contributed by atoms with van der Waals surface area (Å²) in [6.45, 7) is 1.19. The van der Waals surface area contributed by atoms with Gasteiger partial charge in [-0.25, -0.2) is 15.0 Å². The maximum atomic E-state index is 6.04. The van der Waals surface area contributed by atoms with Gasteiger partial charge in [0.25, 0.3) is 0 Å². The highest BCUT2D eigenvalue weighted by atomic mass is 32.1. The van der Waals surface area contributed by atoms with Crippen molar-refractivity contribution >= 4 is 49.8 Å². The Morgan fingerprint density at radius 2 is 2.00 bits per heavy atom. The zero-order valence-corrected chi connectivity index (χ0v) is 16.0. The van der Waals surface area contributed by atoms with Crippen molar-refractivity contribution in [2.45, 2.75) is 0 Å². The lowest BCUT2D eigenvalue weighted by Crippen LogP contribution is -2.29. The number of aromatic nitrogens is 5. The van der Waals surface area contributed by atoms with Gasteiger partial charge in [-0.3, -0.25) is 5.10 Å². The molecule has 6 rings (SSSR count). The molecule has 0 bridgehead atoms. The van der Waals surface area contributed by atoms with Crippen LogP contribution in [-0.4, -0.2) is 38.3 Å². The Hall–Kier alpha value is -3.72. The Balaban J connectivity index is 1.56. The fraction of sp³-hybridized carbons (Fsp3) is 0.100. The van der Waals surface area contributed by atoms with Crippen LogP contribution in [0.3, 0.4) is 0 Å². The highest BCUT2D eigenvalue weighted by Gasteiger charge is 2.25. The number of hydrogen-bond donors (Lipinski definition) is 2. The summed E-state index contributed by atoms with van der Waals surface area (Å²) in [5.41, 5.74) is 10.0. The normalized spacial score (nSPS) is 13.6. The third-order valence-corrected chi connectivity index (χ3v) is 5.90. The summed E-state index contributed by atoms with van der Waals surface area (Å²) in [5, 5.41) is 7.99. The molecule has 3 N–H and O–H groups in total. The SMILES string of the molecule is Nc1ccc2c(c1)N(c1nc(-c3nc4ccccc4s3)nc3cn[nH]c13)CCO2. The Bertz CT molecular complexity index is 1340. The number of thiazole rings is 1. The van der Waals surface area contributed by atoms with Crippen LogP contribution in [0.2, 0.25) is 0 Å². The predicted molar refractivity (Wildman–Crippen MR) is 114 cm³/mol. The average Bonchev–Trinajstić information content (AvgIpc) is 3.39. The maximum absolute atomic E-state index is 6.04. The quantitative estimate of drug-likeness (QED) is 0.434. The molecule has 0 saturated carbocycles. The van der Waals surface area contributed by atoms with Gasteiger partial charge in [0.1, 0.15) is 23.4 Å². The molecule has 0 aliphatic carbocycles. The van der Waals surface area contributed by atoms with Crippen LogP contribution in [0.4, 0.5) is 17.2 Å². The fourth-order valence-electron chi connectivity index (χ4n) is 3.54. The number of nitrogen functional groups attached to an aromatic ring is 1. The van der Waals surface area contributed by atoms with Gasteiger partial charge < -0.3 is 15.4 Å². The summed E-state index contributed by atoms with van der Waals surface area (Å²) in [4.78, 5) is 16.4. The highest BCUT2D eigenvalue weighted by molar-refractivity contribution is 7.21. The molecule has 1 aliphatic heterocycles. The number of nitrogens with one attached hydrogen (secondary N) is 1. The third kappa shape index (κ3) is 2.59. The molecule has 5 aromatic rings. The van der Waals surface area contributed by atoms with Gasteiger partial charge in [0.15, 0.2) is 16.6 Å². The van der Waals surface area contributed by atoms with Gasteiger partial charge in [0.2, 0.25) is 0 Å². The Morgan fingerprint density at radius 1 is 1.07 bits per heavy atom. The number of benzene rings is 2. The van der Waals surface area contributed by atoms with Crippen LogP contribution in [0.25, 0.3) is 32.1 Å². The first kappa shape index (κ1) is 16.3. The maximum Gasteiger partial charge on any atom is 0.191 e.